The van der Waals surface area contributed by atoms with Crippen LogP contribution in [0.2, 0.25) is 0 Å². The molecule has 4 heterocycles. The summed E-state index contributed by atoms with van der Waals surface area (Å²) in [6.45, 7) is 11.6. The number of carbonyl (C=O) groups is 2. The largest absolute Gasteiger partial charge is 0.443 e. The smallest absolute Gasteiger partial charge is 0.410 e. The van der Waals surface area contributed by atoms with Gasteiger partial charge in [0, 0.05) is 40.3 Å². The van der Waals surface area contributed by atoms with Crippen LogP contribution in [0, 0.1) is 11.8 Å². The van der Waals surface area contributed by atoms with Gasteiger partial charge in [0.25, 0.3) is 0 Å². The lowest BCUT2D eigenvalue weighted by atomic mass is 9.68. The Bertz CT molecular complexity index is 881. The Morgan fingerprint density at radius 3 is 2.64 bits per heavy atom. The second-order valence-corrected chi connectivity index (χ2v) is 12.0. The fourth-order valence-corrected chi connectivity index (χ4v) is 6.54. The minimum atomic E-state index is -0.333. The van der Waals surface area contributed by atoms with Crippen molar-refractivity contribution in [3.63, 3.8) is 0 Å². The van der Waals surface area contributed by atoms with Crippen molar-refractivity contribution >= 4 is 12.0 Å². The summed E-state index contributed by atoms with van der Waals surface area (Å²) >= 11 is 0. The van der Waals surface area contributed by atoms with Crippen LogP contribution in [0.15, 0.2) is 11.6 Å². The van der Waals surface area contributed by atoms with Crippen LogP contribution in [0.25, 0.3) is 0 Å². The molecule has 0 N–H and O–H groups in total. The van der Waals surface area contributed by atoms with E-state index in [1.807, 2.05) is 7.05 Å². The summed E-state index contributed by atoms with van der Waals surface area (Å²) in [4.78, 5) is 30.7. The number of piperazine rings is 1. The number of allylic oxidation sites excluding steroid dienone is 1. The third-order valence-corrected chi connectivity index (χ3v) is 9.09. The zero-order valence-corrected chi connectivity index (χ0v) is 22.5. The third kappa shape index (κ3) is 5.04. The Morgan fingerprint density at radius 2 is 2.00 bits per heavy atom. The minimum Gasteiger partial charge on any atom is -0.443 e. The van der Waals surface area contributed by atoms with Crippen molar-refractivity contribution in [3.8, 4) is 0 Å². The van der Waals surface area contributed by atoms with Gasteiger partial charge in [0.15, 0.2) is 0 Å². The normalized spacial score (nSPS) is 38.6. The first-order chi connectivity index (χ1) is 17.1. The van der Waals surface area contributed by atoms with E-state index in [1.54, 1.807) is 16.9 Å². The van der Waals surface area contributed by atoms with E-state index in [0.717, 1.165) is 51.9 Å². The first kappa shape index (κ1) is 25.9. The van der Waals surface area contributed by atoms with Crippen molar-refractivity contribution in [2.75, 3.05) is 60.0 Å². The fourth-order valence-electron chi connectivity index (χ4n) is 6.54. The molecule has 0 aromatic heterocycles. The van der Waals surface area contributed by atoms with Crippen molar-refractivity contribution in [2.24, 2.45) is 11.8 Å². The van der Waals surface area contributed by atoms with Gasteiger partial charge in [-0.1, -0.05) is 11.6 Å². The molecule has 4 saturated heterocycles. The Balaban J connectivity index is 1.12. The number of nitrogens with zero attached hydrogens (tertiary/aromatic N) is 3. The number of ether oxygens (including phenoxy) is 4. The number of epoxide rings is 2. The number of amides is 2. The van der Waals surface area contributed by atoms with Gasteiger partial charge in [-0.15, -0.1) is 0 Å². The van der Waals surface area contributed by atoms with Crippen molar-refractivity contribution in [1.29, 1.82) is 0 Å². The van der Waals surface area contributed by atoms with Crippen LogP contribution in [0.3, 0.4) is 0 Å². The van der Waals surface area contributed by atoms with Gasteiger partial charge in [0.05, 0.1) is 25.2 Å². The van der Waals surface area contributed by atoms with Gasteiger partial charge >= 0.3 is 6.09 Å². The van der Waals surface area contributed by atoms with Gasteiger partial charge in [-0.2, -0.15) is 0 Å². The van der Waals surface area contributed by atoms with E-state index < -0.39 is 0 Å². The number of methoxy groups -OCH3 is 1. The van der Waals surface area contributed by atoms with Gasteiger partial charge in [-0.05, 0) is 58.9 Å². The Kier molecular flexibility index (Phi) is 7.13. The van der Waals surface area contributed by atoms with Crippen molar-refractivity contribution in [2.45, 2.75) is 76.0 Å². The summed E-state index contributed by atoms with van der Waals surface area (Å²) in [5, 5.41) is 0. The molecule has 0 bridgehead atoms. The van der Waals surface area contributed by atoms with Gasteiger partial charge in [-0.25, -0.2) is 4.79 Å². The zero-order chi connectivity index (χ0) is 25.7. The van der Waals surface area contributed by atoms with Crippen LogP contribution in [-0.4, -0.2) is 116 Å². The fraction of sp³-hybridized carbons (Fsp3) is 0.852. The summed E-state index contributed by atoms with van der Waals surface area (Å²) < 4.78 is 24.3. The Morgan fingerprint density at radius 1 is 1.25 bits per heavy atom. The highest BCUT2D eigenvalue weighted by Crippen LogP contribution is 2.59. The number of likely N-dealkylation sites (N-methyl/N-ethyl adjacent to an activating group) is 1. The number of rotatable bonds is 8. The molecular formula is C27H43N3O6. The molecule has 2 amide bonds. The van der Waals surface area contributed by atoms with Crippen LogP contribution < -0.4 is 0 Å². The molecule has 4 aliphatic heterocycles. The molecule has 36 heavy (non-hydrogen) atoms. The van der Waals surface area contributed by atoms with E-state index in [0.29, 0.717) is 25.6 Å². The lowest BCUT2D eigenvalue weighted by molar-refractivity contribution is -0.134. The highest BCUT2D eigenvalue weighted by Gasteiger charge is 2.72. The van der Waals surface area contributed by atoms with Crippen LogP contribution in [0.5, 0.6) is 0 Å². The number of carbonyl (C=O) groups excluding carboxylic acids is 2. The predicted octanol–water partition coefficient (Wildman–Crippen LogP) is 2.30. The number of hydrogen-bond acceptors (Lipinski definition) is 7. The molecule has 5 fully saturated rings. The number of hydrogen-bond donors (Lipinski definition) is 0. The summed E-state index contributed by atoms with van der Waals surface area (Å²) in [5.74, 6) is 0.681. The quantitative estimate of drug-likeness (QED) is 0.370. The average Bonchev–Trinajstić information content (AvgIpc) is 3.72. The monoisotopic (exact) mass is 505 g/mol. The highest BCUT2D eigenvalue weighted by atomic mass is 16.6. The molecule has 5 rings (SSSR count). The molecule has 1 spiro atoms. The van der Waals surface area contributed by atoms with Gasteiger partial charge in [-0.3, -0.25) is 9.69 Å². The molecule has 202 valence electrons. The van der Waals surface area contributed by atoms with Crippen LogP contribution >= 0.6 is 0 Å². The van der Waals surface area contributed by atoms with E-state index in [4.69, 9.17) is 18.9 Å². The molecule has 5 aliphatic rings. The molecule has 0 aromatic carbocycles. The standard InChI is InChI=1S/C27H43N3O6/c1-18(2)6-7-21-26(3,36-21)24-23(33-5)20(8-10-27(24)17-34-27)35-25(32)30-14-19(15-30)9-11-29-13-12-28(4)22(31)16-29/h6,19-21,23-24H,7-17H2,1-5H3/t20-,21-,23-,24?,26+,27+/m1/s1. The SMILES string of the molecule is CO[C@H]1C([C@@]2(C)O[C@@H]2CC=C(C)C)[C@]2(CC[C@H]1OC(=O)N1CC(CCN3CCN(C)C(=O)C3)C1)CO2. The summed E-state index contributed by atoms with van der Waals surface area (Å²) in [7, 11) is 3.57. The molecule has 1 saturated carbocycles. The van der Waals surface area contributed by atoms with E-state index >= 15 is 0 Å². The first-order valence-electron chi connectivity index (χ1n) is 13.5. The maximum atomic E-state index is 13.0. The molecule has 0 radical (unpaired) electrons. The highest BCUT2D eigenvalue weighted by molar-refractivity contribution is 5.78. The maximum Gasteiger partial charge on any atom is 0.410 e. The molecule has 9 heteroatoms. The van der Waals surface area contributed by atoms with Crippen molar-refractivity contribution in [3.05, 3.63) is 11.6 Å². The first-order valence-corrected chi connectivity index (χ1v) is 13.5. The van der Waals surface area contributed by atoms with E-state index in [-0.39, 0.29) is 47.4 Å². The third-order valence-electron chi connectivity index (χ3n) is 9.09. The predicted molar refractivity (Wildman–Crippen MR) is 134 cm³/mol. The van der Waals surface area contributed by atoms with E-state index in [9.17, 15) is 9.59 Å². The zero-order valence-electron chi connectivity index (χ0n) is 22.5. The molecular weight excluding hydrogens is 462 g/mol. The molecule has 1 unspecified atom stereocenters. The second kappa shape index (κ2) is 9.89. The second-order valence-electron chi connectivity index (χ2n) is 12.0. The van der Waals surface area contributed by atoms with Crippen LogP contribution in [0.1, 0.15) is 46.5 Å². The number of likely N-dealkylation sites (tertiary alicyclic amines) is 1. The van der Waals surface area contributed by atoms with Crippen LogP contribution in [0.4, 0.5) is 4.79 Å². The molecule has 6 atom stereocenters. The van der Waals surface area contributed by atoms with E-state index in [1.165, 1.54) is 5.57 Å². The average molecular weight is 506 g/mol. The minimum absolute atomic E-state index is 0.0348. The lowest BCUT2D eigenvalue weighted by Gasteiger charge is -2.45. The summed E-state index contributed by atoms with van der Waals surface area (Å²) in [6.07, 6.45) is 5.03. The van der Waals surface area contributed by atoms with Crippen LogP contribution in [-0.2, 0) is 23.7 Å². The molecule has 0 aromatic rings. The Hall–Kier alpha value is -1.68. The molecule has 9 nitrogen and oxygen atoms in total. The maximum absolute atomic E-state index is 13.0. The van der Waals surface area contributed by atoms with Gasteiger partial charge in [0.1, 0.15) is 23.4 Å². The van der Waals surface area contributed by atoms with Crippen molar-refractivity contribution in [1.82, 2.24) is 14.7 Å². The summed E-state index contributed by atoms with van der Waals surface area (Å²) in [6, 6.07) is 0. The Labute approximate surface area is 215 Å². The summed E-state index contributed by atoms with van der Waals surface area (Å²) in [5.41, 5.74) is 0.736. The van der Waals surface area contributed by atoms with Gasteiger partial charge < -0.3 is 28.7 Å². The van der Waals surface area contributed by atoms with Gasteiger partial charge in [0.2, 0.25) is 5.91 Å². The molecule has 1 aliphatic carbocycles. The van der Waals surface area contributed by atoms with Crippen molar-refractivity contribution < 1.29 is 28.5 Å². The topological polar surface area (TPSA) is 87.4 Å². The lowest BCUT2D eigenvalue weighted by Crippen LogP contribution is -2.58. The van der Waals surface area contributed by atoms with E-state index in [2.05, 4.69) is 31.7 Å².